The Morgan fingerprint density at radius 2 is 2.06 bits per heavy atom. The van der Waals surface area contributed by atoms with E-state index >= 15 is 0 Å². The van der Waals surface area contributed by atoms with E-state index in [-0.39, 0.29) is 11.6 Å². The molecule has 1 fully saturated rings. The number of Topliss-reactive ketones (excluding diaryl/α,β-unsaturated/α-hetero) is 1. The monoisotopic (exact) mass is 221 g/mol. The number of piperidine rings is 1. The van der Waals surface area contributed by atoms with Crippen LogP contribution < -0.4 is 5.32 Å². The first-order chi connectivity index (χ1) is 7.68. The van der Waals surface area contributed by atoms with Crippen LogP contribution in [0.5, 0.6) is 0 Å². The minimum Gasteiger partial charge on any atom is -0.317 e. The van der Waals surface area contributed by atoms with Crippen molar-refractivity contribution in [1.29, 1.82) is 0 Å². The number of nitrogens with one attached hydrogen (secondary N) is 1. The van der Waals surface area contributed by atoms with E-state index in [0.29, 0.717) is 11.5 Å². The number of rotatable bonds is 2. The van der Waals surface area contributed by atoms with Gasteiger partial charge in [-0.05, 0) is 50.4 Å². The van der Waals surface area contributed by atoms with Crippen LogP contribution in [0.15, 0.2) is 18.2 Å². The van der Waals surface area contributed by atoms with Crippen LogP contribution in [0.4, 0.5) is 4.39 Å². The van der Waals surface area contributed by atoms with Gasteiger partial charge in [-0.15, -0.1) is 0 Å². The molecule has 3 heteroatoms. The van der Waals surface area contributed by atoms with Gasteiger partial charge in [0.1, 0.15) is 5.82 Å². The number of carbonyl (C=O) groups is 1. The highest BCUT2D eigenvalue weighted by molar-refractivity contribution is 5.94. The van der Waals surface area contributed by atoms with Gasteiger partial charge < -0.3 is 5.32 Å². The highest BCUT2D eigenvalue weighted by Gasteiger charge is 2.18. The third-order valence-electron chi connectivity index (χ3n) is 3.19. The zero-order valence-corrected chi connectivity index (χ0v) is 9.42. The summed E-state index contributed by atoms with van der Waals surface area (Å²) in [6.45, 7) is 3.34. The maximum atomic E-state index is 13.8. The first-order valence-corrected chi connectivity index (χ1v) is 5.69. The number of hydrogen-bond donors (Lipinski definition) is 1. The van der Waals surface area contributed by atoms with Gasteiger partial charge in [0, 0.05) is 5.56 Å². The fourth-order valence-corrected chi connectivity index (χ4v) is 2.21. The van der Waals surface area contributed by atoms with Gasteiger partial charge in [0.05, 0.1) is 0 Å². The summed E-state index contributed by atoms with van der Waals surface area (Å²) in [5.41, 5.74) is 1.21. The molecule has 1 heterocycles. The number of halogens is 1. The van der Waals surface area contributed by atoms with Crippen LogP contribution in [0, 0.1) is 5.82 Å². The maximum absolute atomic E-state index is 13.8. The molecule has 0 bridgehead atoms. The van der Waals surface area contributed by atoms with Crippen molar-refractivity contribution in [3.05, 3.63) is 35.1 Å². The number of benzene rings is 1. The summed E-state index contributed by atoms with van der Waals surface area (Å²) in [6, 6.07) is 4.85. The van der Waals surface area contributed by atoms with Gasteiger partial charge in [-0.2, -0.15) is 0 Å². The van der Waals surface area contributed by atoms with Gasteiger partial charge in [0.15, 0.2) is 5.78 Å². The molecule has 1 saturated heterocycles. The second-order valence-corrected chi connectivity index (χ2v) is 4.32. The van der Waals surface area contributed by atoms with Crippen LogP contribution in [-0.2, 0) is 0 Å². The summed E-state index contributed by atoms with van der Waals surface area (Å²) in [6.07, 6.45) is 1.94. The summed E-state index contributed by atoms with van der Waals surface area (Å²) < 4.78 is 13.8. The van der Waals surface area contributed by atoms with Crippen molar-refractivity contribution in [2.75, 3.05) is 13.1 Å². The second-order valence-electron chi connectivity index (χ2n) is 4.32. The molecule has 1 N–H and O–H groups in total. The first kappa shape index (κ1) is 11.3. The largest absolute Gasteiger partial charge is 0.317 e. The van der Waals surface area contributed by atoms with Crippen molar-refractivity contribution in [2.45, 2.75) is 25.7 Å². The summed E-state index contributed by atoms with van der Waals surface area (Å²) in [5.74, 6) is -0.0300. The summed E-state index contributed by atoms with van der Waals surface area (Å²) >= 11 is 0. The molecule has 0 radical (unpaired) electrons. The second kappa shape index (κ2) is 4.74. The fourth-order valence-electron chi connectivity index (χ4n) is 2.21. The molecule has 2 rings (SSSR count). The fraction of sp³-hybridized carbons (Fsp3) is 0.462. The van der Waals surface area contributed by atoms with Crippen molar-refractivity contribution < 1.29 is 9.18 Å². The van der Waals surface area contributed by atoms with Crippen LogP contribution in [0.1, 0.15) is 41.6 Å². The van der Waals surface area contributed by atoms with E-state index in [2.05, 4.69) is 5.32 Å². The molecule has 2 nitrogen and oxygen atoms in total. The average molecular weight is 221 g/mol. The molecule has 0 spiro atoms. The third kappa shape index (κ3) is 2.30. The Balaban J connectivity index is 2.24. The zero-order chi connectivity index (χ0) is 11.5. The Morgan fingerprint density at radius 3 is 2.62 bits per heavy atom. The lowest BCUT2D eigenvalue weighted by molar-refractivity contribution is 0.101. The lowest BCUT2D eigenvalue weighted by Crippen LogP contribution is -2.27. The number of ketones is 1. The van der Waals surface area contributed by atoms with Gasteiger partial charge in [0.2, 0.25) is 0 Å². The van der Waals surface area contributed by atoms with Crippen LogP contribution in [0.25, 0.3) is 0 Å². The molecule has 0 aliphatic carbocycles. The summed E-state index contributed by atoms with van der Waals surface area (Å²) in [7, 11) is 0. The Hall–Kier alpha value is -1.22. The van der Waals surface area contributed by atoms with E-state index in [0.717, 1.165) is 31.5 Å². The van der Waals surface area contributed by atoms with Crippen LogP contribution in [0.3, 0.4) is 0 Å². The molecule has 1 aliphatic heterocycles. The molecule has 0 saturated carbocycles. The molecular formula is C13H16FNO. The Morgan fingerprint density at radius 1 is 1.38 bits per heavy atom. The molecule has 1 aromatic rings. The molecular weight excluding hydrogens is 205 g/mol. The van der Waals surface area contributed by atoms with E-state index in [1.807, 2.05) is 0 Å². The zero-order valence-electron chi connectivity index (χ0n) is 9.42. The molecule has 86 valence electrons. The highest BCUT2D eigenvalue weighted by atomic mass is 19.1. The predicted molar refractivity (Wildman–Crippen MR) is 61.2 cm³/mol. The van der Waals surface area contributed by atoms with Gasteiger partial charge in [-0.25, -0.2) is 4.39 Å². The molecule has 1 aliphatic rings. The van der Waals surface area contributed by atoms with Crippen molar-refractivity contribution in [2.24, 2.45) is 0 Å². The number of carbonyl (C=O) groups excluding carboxylic acids is 1. The average Bonchev–Trinajstić information content (AvgIpc) is 2.30. The molecule has 0 amide bonds. The summed E-state index contributed by atoms with van der Waals surface area (Å²) in [4.78, 5) is 11.1. The van der Waals surface area contributed by atoms with E-state index < -0.39 is 0 Å². The molecule has 16 heavy (non-hydrogen) atoms. The topological polar surface area (TPSA) is 29.1 Å². The van der Waals surface area contributed by atoms with Crippen molar-refractivity contribution in [1.82, 2.24) is 5.32 Å². The maximum Gasteiger partial charge on any atom is 0.159 e. The third-order valence-corrected chi connectivity index (χ3v) is 3.19. The smallest absolute Gasteiger partial charge is 0.159 e. The quantitative estimate of drug-likeness (QED) is 0.777. The van der Waals surface area contributed by atoms with Gasteiger partial charge in [0.25, 0.3) is 0 Å². The van der Waals surface area contributed by atoms with Crippen LogP contribution in [0.2, 0.25) is 0 Å². The highest BCUT2D eigenvalue weighted by Crippen LogP contribution is 2.27. The van der Waals surface area contributed by atoms with Crippen molar-refractivity contribution in [3.8, 4) is 0 Å². The van der Waals surface area contributed by atoms with Crippen molar-refractivity contribution >= 4 is 5.78 Å². The SMILES string of the molecule is CC(=O)c1ccc(C2CCNCC2)c(F)c1. The standard InChI is InChI=1S/C13H16FNO/c1-9(16)11-2-3-12(13(14)8-11)10-4-6-15-7-5-10/h2-3,8,10,15H,4-7H2,1H3. The normalized spacial score (nSPS) is 17.4. The lowest BCUT2D eigenvalue weighted by atomic mass is 9.89. The molecule has 1 aromatic carbocycles. The Bertz CT molecular complexity index is 397. The van der Waals surface area contributed by atoms with E-state index in [9.17, 15) is 9.18 Å². The van der Waals surface area contributed by atoms with Gasteiger partial charge in [-0.1, -0.05) is 12.1 Å². The first-order valence-electron chi connectivity index (χ1n) is 5.69. The molecule has 0 aromatic heterocycles. The van der Waals surface area contributed by atoms with E-state index in [4.69, 9.17) is 0 Å². The molecule has 0 atom stereocenters. The van der Waals surface area contributed by atoms with Crippen LogP contribution in [-0.4, -0.2) is 18.9 Å². The summed E-state index contributed by atoms with van der Waals surface area (Å²) in [5, 5.41) is 3.26. The van der Waals surface area contributed by atoms with Crippen molar-refractivity contribution in [3.63, 3.8) is 0 Å². The van der Waals surface area contributed by atoms with Crippen LogP contribution >= 0.6 is 0 Å². The molecule has 0 unspecified atom stereocenters. The van der Waals surface area contributed by atoms with Gasteiger partial charge >= 0.3 is 0 Å². The predicted octanol–water partition coefficient (Wildman–Crippen LogP) is 2.50. The minimum atomic E-state index is -0.236. The minimum absolute atomic E-state index is 0.0873. The van der Waals surface area contributed by atoms with Gasteiger partial charge in [-0.3, -0.25) is 4.79 Å². The Kier molecular flexibility index (Phi) is 3.34. The number of hydrogen-bond acceptors (Lipinski definition) is 2. The Labute approximate surface area is 94.9 Å². The van der Waals surface area contributed by atoms with E-state index in [1.54, 1.807) is 12.1 Å². The lowest BCUT2D eigenvalue weighted by Gasteiger charge is -2.23. The van der Waals surface area contributed by atoms with E-state index in [1.165, 1.54) is 13.0 Å².